The number of hydrogen-bond donors (Lipinski definition) is 0. The summed E-state index contributed by atoms with van der Waals surface area (Å²) in [4.78, 5) is 0. The quantitative estimate of drug-likeness (QED) is 0.644. The van der Waals surface area contributed by atoms with E-state index >= 15 is 0 Å². The molecule has 0 saturated heterocycles. The average molecular weight is 209 g/mol. The van der Waals surface area contributed by atoms with Crippen molar-refractivity contribution in [2.24, 2.45) is 0 Å². The summed E-state index contributed by atoms with van der Waals surface area (Å²) in [5.74, 6) is 0.294. The van der Waals surface area contributed by atoms with Gasteiger partial charge in [0, 0.05) is 6.07 Å². The fourth-order valence-corrected chi connectivity index (χ4v) is 1.42. The topological polar surface area (TPSA) is 9.23 Å². The number of ether oxygens (including phenoxy) is 1. The molecule has 15 heavy (non-hydrogen) atoms. The van der Waals surface area contributed by atoms with Gasteiger partial charge in [-0.05, 0) is 31.0 Å². The molecule has 0 atom stereocenters. The van der Waals surface area contributed by atoms with Gasteiger partial charge in [-0.25, -0.2) is 4.39 Å². The molecule has 83 valence electrons. The van der Waals surface area contributed by atoms with Gasteiger partial charge in [0.05, 0.1) is 6.61 Å². The van der Waals surface area contributed by atoms with Crippen molar-refractivity contribution in [2.45, 2.75) is 32.6 Å². The van der Waals surface area contributed by atoms with Crippen LogP contribution in [0, 0.1) is 12.7 Å². The summed E-state index contributed by atoms with van der Waals surface area (Å²) in [5, 5.41) is 0. The normalized spacial score (nSPS) is 10.3. The molecule has 0 spiro atoms. The number of benzene rings is 1. The minimum atomic E-state index is -0.286. The smallest absolute Gasteiger partial charge is 0.127 e. The lowest BCUT2D eigenvalue weighted by Gasteiger charge is -2.06. The van der Waals surface area contributed by atoms with Gasteiger partial charge in [-0.2, -0.15) is 0 Å². The summed E-state index contributed by atoms with van der Waals surface area (Å²) < 4.78 is 18.4. The van der Waals surface area contributed by atoms with E-state index in [9.17, 15) is 4.39 Å². The molecule has 0 unspecified atom stereocenters. The molecule has 1 aromatic carbocycles. The third kappa shape index (κ3) is 4.82. The summed E-state index contributed by atoms with van der Waals surface area (Å²) in [6.45, 7) is 6.50. The van der Waals surface area contributed by atoms with E-state index in [0.29, 0.717) is 17.9 Å². The predicted octanol–water partition coefficient (Wildman–Crippen LogP) is 3.97. The molecule has 0 heterocycles. The zero-order valence-corrected chi connectivity index (χ0v) is 9.26. The lowest BCUT2D eigenvalue weighted by atomic mass is 10.2. The zero-order valence-electron chi connectivity index (χ0n) is 9.26. The van der Waals surface area contributed by atoms with Gasteiger partial charge in [-0.15, -0.1) is 0 Å². The molecule has 0 saturated carbocycles. The van der Waals surface area contributed by atoms with E-state index in [0.717, 1.165) is 6.42 Å². The van der Waals surface area contributed by atoms with Crippen LogP contribution < -0.4 is 4.74 Å². The Kier molecular flexibility index (Phi) is 5.16. The minimum absolute atomic E-state index is 0.286. The van der Waals surface area contributed by atoms with Crippen LogP contribution in [-0.2, 0) is 0 Å². The van der Waals surface area contributed by atoms with Crippen molar-refractivity contribution < 1.29 is 9.13 Å². The van der Waals surface area contributed by atoms with Crippen molar-refractivity contribution in [3.8, 4) is 5.75 Å². The van der Waals surface area contributed by atoms with Gasteiger partial charge in [0.1, 0.15) is 11.6 Å². The van der Waals surface area contributed by atoms with Crippen LogP contribution in [0.5, 0.6) is 5.75 Å². The molecule has 1 aromatic rings. The van der Waals surface area contributed by atoms with E-state index in [-0.39, 0.29) is 5.82 Å². The summed E-state index contributed by atoms with van der Waals surface area (Å²) in [7, 11) is 0. The first kappa shape index (κ1) is 12.0. The average Bonchev–Trinajstić information content (AvgIpc) is 2.16. The first-order valence-electron chi connectivity index (χ1n) is 5.47. The Labute approximate surface area is 91.3 Å². The van der Waals surface area contributed by atoms with E-state index in [1.807, 2.05) is 0 Å². The highest BCUT2D eigenvalue weighted by Gasteiger charge is 1.98. The Morgan fingerprint density at radius 3 is 2.67 bits per heavy atom. The van der Waals surface area contributed by atoms with Crippen molar-refractivity contribution in [2.75, 3.05) is 6.61 Å². The largest absolute Gasteiger partial charge is 0.493 e. The monoisotopic (exact) mass is 209 g/mol. The third-order valence-electron chi connectivity index (χ3n) is 2.20. The second kappa shape index (κ2) is 6.44. The van der Waals surface area contributed by atoms with E-state index in [1.54, 1.807) is 6.07 Å². The van der Waals surface area contributed by atoms with Crippen molar-refractivity contribution in [3.05, 3.63) is 36.5 Å². The van der Waals surface area contributed by atoms with Crippen LogP contribution in [0.1, 0.15) is 38.2 Å². The highest BCUT2D eigenvalue weighted by Crippen LogP contribution is 2.16. The predicted molar refractivity (Wildman–Crippen MR) is 60.5 cm³/mol. The second-order valence-corrected chi connectivity index (χ2v) is 3.70. The standard InChI is InChI=1S/C13H18FO/c1-3-4-5-6-7-15-13-9-11(2)8-12(14)10-13/h8-10H,2-7H2,1H3. The Balaban J connectivity index is 2.31. The molecule has 2 heteroatoms. The Morgan fingerprint density at radius 1 is 1.20 bits per heavy atom. The van der Waals surface area contributed by atoms with E-state index in [2.05, 4.69) is 13.8 Å². The fourth-order valence-electron chi connectivity index (χ4n) is 1.42. The molecule has 0 amide bonds. The molecule has 0 aliphatic rings. The van der Waals surface area contributed by atoms with Crippen LogP contribution in [-0.4, -0.2) is 6.61 Å². The lowest BCUT2D eigenvalue weighted by Crippen LogP contribution is -1.97. The van der Waals surface area contributed by atoms with Gasteiger partial charge in [-0.3, -0.25) is 0 Å². The summed E-state index contributed by atoms with van der Waals surface area (Å²) in [6.07, 6.45) is 4.63. The molecule has 1 radical (unpaired) electrons. The van der Waals surface area contributed by atoms with Gasteiger partial charge in [-0.1, -0.05) is 26.2 Å². The van der Waals surface area contributed by atoms with Gasteiger partial charge in [0.25, 0.3) is 0 Å². The molecule has 0 bridgehead atoms. The van der Waals surface area contributed by atoms with Crippen LogP contribution in [0.15, 0.2) is 18.2 Å². The first-order chi connectivity index (χ1) is 7.22. The SMILES string of the molecule is [CH2]c1cc(F)cc(OCCCCCC)c1. The Morgan fingerprint density at radius 2 is 2.00 bits per heavy atom. The molecule has 1 nitrogen and oxygen atoms in total. The van der Waals surface area contributed by atoms with Crippen molar-refractivity contribution in [1.29, 1.82) is 0 Å². The summed E-state index contributed by atoms with van der Waals surface area (Å²) in [6, 6.07) is 4.54. The lowest BCUT2D eigenvalue weighted by molar-refractivity contribution is 0.303. The Hall–Kier alpha value is -1.05. The Bertz CT molecular complexity index is 276. The maximum atomic E-state index is 12.9. The molecule has 0 aliphatic heterocycles. The van der Waals surface area contributed by atoms with Gasteiger partial charge in [0.15, 0.2) is 0 Å². The number of halogens is 1. The maximum Gasteiger partial charge on any atom is 0.127 e. The van der Waals surface area contributed by atoms with E-state index < -0.39 is 0 Å². The molecule has 0 fully saturated rings. The minimum Gasteiger partial charge on any atom is -0.493 e. The third-order valence-corrected chi connectivity index (χ3v) is 2.20. The van der Waals surface area contributed by atoms with Crippen molar-refractivity contribution >= 4 is 0 Å². The van der Waals surface area contributed by atoms with E-state index in [4.69, 9.17) is 4.74 Å². The fraction of sp³-hybridized carbons (Fsp3) is 0.462. The first-order valence-corrected chi connectivity index (χ1v) is 5.47. The molecular weight excluding hydrogens is 191 g/mol. The zero-order chi connectivity index (χ0) is 11.1. The highest BCUT2D eigenvalue weighted by atomic mass is 19.1. The van der Waals surface area contributed by atoms with Gasteiger partial charge >= 0.3 is 0 Å². The molecule has 0 aromatic heterocycles. The van der Waals surface area contributed by atoms with Crippen molar-refractivity contribution in [3.63, 3.8) is 0 Å². The maximum absolute atomic E-state index is 12.9. The van der Waals surface area contributed by atoms with Gasteiger partial charge in [0.2, 0.25) is 0 Å². The van der Waals surface area contributed by atoms with E-state index in [1.165, 1.54) is 31.4 Å². The number of rotatable bonds is 6. The highest BCUT2D eigenvalue weighted by molar-refractivity contribution is 5.31. The van der Waals surface area contributed by atoms with Gasteiger partial charge < -0.3 is 4.74 Å². The van der Waals surface area contributed by atoms with Crippen molar-refractivity contribution in [1.82, 2.24) is 0 Å². The number of unbranched alkanes of at least 4 members (excludes halogenated alkanes) is 3. The summed E-state index contributed by atoms with van der Waals surface area (Å²) in [5.41, 5.74) is 0.651. The summed E-state index contributed by atoms with van der Waals surface area (Å²) >= 11 is 0. The number of hydrogen-bond acceptors (Lipinski definition) is 1. The van der Waals surface area contributed by atoms with Crippen LogP contribution in [0.25, 0.3) is 0 Å². The molecule has 0 N–H and O–H groups in total. The molecule has 0 aliphatic carbocycles. The van der Waals surface area contributed by atoms with Crippen LogP contribution >= 0.6 is 0 Å². The van der Waals surface area contributed by atoms with Crippen LogP contribution in [0.4, 0.5) is 4.39 Å². The van der Waals surface area contributed by atoms with Crippen LogP contribution in [0.3, 0.4) is 0 Å². The van der Waals surface area contributed by atoms with Crippen LogP contribution in [0.2, 0.25) is 0 Å². The second-order valence-electron chi connectivity index (χ2n) is 3.70. The molecular formula is C13H18FO. The molecule has 1 rings (SSSR count).